The molecule has 1 aliphatic heterocycles. The van der Waals surface area contributed by atoms with Gasteiger partial charge in [0, 0.05) is 0 Å². The van der Waals surface area contributed by atoms with Crippen LogP contribution in [-0.4, -0.2) is 18.9 Å². The Morgan fingerprint density at radius 3 is 2.60 bits per heavy atom. The Morgan fingerprint density at radius 2 is 2.10 bits per heavy atom. The van der Waals surface area contributed by atoms with Gasteiger partial charge in [-0.3, -0.25) is 4.79 Å². The van der Waals surface area contributed by atoms with Crippen molar-refractivity contribution >= 4 is 5.78 Å². The Bertz CT molecular complexity index is 153. The summed E-state index contributed by atoms with van der Waals surface area (Å²) in [5.41, 5.74) is 1.30. The molecule has 0 bridgehead atoms. The van der Waals surface area contributed by atoms with Gasteiger partial charge in [-0.1, -0.05) is 5.57 Å². The second-order valence-electron chi connectivity index (χ2n) is 2.66. The number of carbonyl (C=O) groups excluding carboxylic acids is 1. The molecule has 1 heterocycles. The first-order chi connectivity index (χ1) is 4.79. The first-order valence-corrected chi connectivity index (χ1v) is 3.70. The van der Waals surface area contributed by atoms with Crippen molar-refractivity contribution in [3.05, 3.63) is 11.6 Å². The molecule has 0 aromatic rings. The van der Waals surface area contributed by atoms with Crippen LogP contribution in [-0.2, 0) is 4.79 Å². The minimum atomic E-state index is 0.178. The fourth-order valence-electron chi connectivity index (χ4n) is 1.18. The Kier molecular flexibility index (Phi) is 2.63. The summed E-state index contributed by atoms with van der Waals surface area (Å²) in [4.78, 5) is 10.6. The van der Waals surface area contributed by atoms with Gasteiger partial charge in [-0.05, 0) is 38.9 Å². The second-order valence-corrected chi connectivity index (χ2v) is 2.66. The maximum Gasteiger partial charge on any atom is 0.152 e. The maximum atomic E-state index is 10.6. The van der Waals surface area contributed by atoms with E-state index in [-0.39, 0.29) is 5.78 Å². The molecular weight excluding hydrogens is 126 g/mol. The first kappa shape index (κ1) is 7.48. The Labute approximate surface area is 61.3 Å². The van der Waals surface area contributed by atoms with E-state index in [2.05, 4.69) is 5.32 Å². The fraction of sp³-hybridized carbons (Fsp3) is 0.625. The molecule has 0 atom stereocenters. The predicted octanol–water partition coefficient (Wildman–Crippen LogP) is 0.885. The summed E-state index contributed by atoms with van der Waals surface area (Å²) in [6, 6.07) is 0. The lowest BCUT2D eigenvalue weighted by Gasteiger charge is -2.14. The number of hydrogen-bond acceptors (Lipinski definition) is 2. The highest BCUT2D eigenvalue weighted by atomic mass is 16.1. The van der Waals surface area contributed by atoms with E-state index in [1.165, 1.54) is 5.57 Å². The van der Waals surface area contributed by atoms with Crippen molar-refractivity contribution in [2.24, 2.45) is 0 Å². The zero-order valence-corrected chi connectivity index (χ0v) is 6.31. The van der Waals surface area contributed by atoms with Gasteiger partial charge in [0.2, 0.25) is 0 Å². The van der Waals surface area contributed by atoms with Gasteiger partial charge in [-0.25, -0.2) is 0 Å². The third kappa shape index (κ3) is 2.31. The largest absolute Gasteiger partial charge is 0.316 e. The van der Waals surface area contributed by atoms with Crippen molar-refractivity contribution < 1.29 is 4.79 Å². The lowest BCUT2D eigenvalue weighted by atomic mass is 10.0. The summed E-state index contributed by atoms with van der Waals surface area (Å²) in [6.07, 6.45) is 3.85. The van der Waals surface area contributed by atoms with Crippen molar-refractivity contribution in [1.29, 1.82) is 0 Å². The van der Waals surface area contributed by atoms with E-state index in [9.17, 15) is 4.79 Å². The summed E-state index contributed by atoms with van der Waals surface area (Å²) in [5.74, 6) is 0.178. The summed E-state index contributed by atoms with van der Waals surface area (Å²) >= 11 is 0. The van der Waals surface area contributed by atoms with Crippen molar-refractivity contribution in [3.8, 4) is 0 Å². The minimum absolute atomic E-state index is 0.178. The van der Waals surface area contributed by atoms with Crippen molar-refractivity contribution in [3.63, 3.8) is 0 Å². The number of rotatable bonds is 1. The molecular formula is C8H13NO. The standard InChI is InChI=1S/C8H13NO/c1-7(10)6-8-2-4-9-5-3-8/h6,9H,2-5H2,1H3. The van der Waals surface area contributed by atoms with Crippen LogP contribution in [0.1, 0.15) is 19.8 Å². The molecule has 0 amide bonds. The van der Waals surface area contributed by atoms with E-state index in [1.807, 2.05) is 0 Å². The highest BCUT2D eigenvalue weighted by Crippen LogP contribution is 2.08. The summed E-state index contributed by atoms with van der Waals surface area (Å²) in [7, 11) is 0. The van der Waals surface area contributed by atoms with Gasteiger partial charge in [0.05, 0.1) is 0 Å². The number of allylic oxidation sites excluding steroid dienone is 1. The zero-order valence-electron chi connectivity index (χ0n) is 6.31. The average Bonchev–Trinajstić information content (AvgIpc) is 1.88. The monoisotopic (exact) mass is 139 g/mol. The molecule has 1 aliphatic rings. The SMILES string of the molecule is CC(=O)C=C1CCNCC1. The Morgan fingerprint density at radius 1 is 1.50 bits per heavy atom. The molecule has 0 radical (unpaired) electrons. The molecule has 56 valence electrons. The molecule has 10 heavy (non-hydrogen) atoms. The van der Waals surface area contributed by atoms with E-state index in [0.717, 1.165) is 25.9 Å². The molecule has 0 saturated carbocycles. The fourth-order valence-corrected chi connectivity index (χ4v) is 1.18. The van der Waals surface area contributed by atoms with E-state index in [4.69, 9.17) is 0 Å². The number of piperidine rings is 1. The Hall–Kier alpha value is -0.630. The average molecular weight is 139 g/mol. The number of hydrogen-bond donors (Lipinski definition) is 1. The van der Waals surface area contributed by atoms with Crippen LogP contribution in [0.25, 0.3) is 0 Å². The van der Waals surface area contributed by atoms with Gasteiger partial charge in [0.15, 0.2) is 5.78 Å². The normalized spacial score (nSPS) is 18.7. The smallest absolute Gasteiger partial charge is 0.152 e. The van der Waals surface area contributed by atoms with Gasteiger partial charge in [-0.15, -0.1) is 0 Å². The number of carbonyl (C=O) groups is 1. The minimum Gasteiger partial charge on any atom is -0.316 e. The maximum absolute atomic E-state index is 10.6. The van der Waals surface area contributed by atoms with Crippen LogP contribution in [0, 0.1) is 0 Å². The number of nitrogens with one attached hydrogen (secondary N) is 1. The van der Waals surface area contributed by atoms with Gasteiger partial charge >= 0.3 is 0 Å². The first-order valence-electron chi connectivity index (χ1n) is 3.70. The molecule has 1 saturated heterocycles. The Balaban J connectivity index is 2.45. The van der Waals surface area contributed by atoms with E-state index in [1.54, 1.807) is 13.0 Å². The topological polar surface area (TPSA) is 29.1 Å². The lowest BCUT2D eigenvalue weighted by Crippen LogP contribution is -2.23. The molecule has 1 fully saturated rings. The van der Waals surface area contributed by atoms with E-state index < -0.39 is 0 Å². The molecule has 2 nitrogen and oxygen atoms in total. The predicted molar refractivity (Wildman–Crippen MR) is 40.9 cm³/mol. The van der Waals surface area contributed by atoms with E-state index >= 15 is 0 Å². The molecule has 2 heteroatoms. The molecule has 0 spiro atoms. The zero-order chi connectivity index (χ0) is 7.40. The second kappa shape index (κ2) is 3.52. The van der Waals surface area contributed by atoms with Crippen LogP contribution in [0.3, 0.4) is 0 Å². The van der Waals surface area contributed by atoms with Gasteiger partial charge in [0.1, 0.15) is 0 Å². The molecule has 0 unspecified atom stereocenters. The highest BCUT2D eigenvalue weighted by molar-refractivity contribution is 5.87. The van der Waals surface area contributed by atoms with Crippen LogP contribution in [0.2, 0.25) is 0 Å². The summed E-state index contributed by atoms with van der Waals surface area (Å²) in [6.45, 7) is 3.66. The summed E-state index contributed by atoms with van der Waals surface area (Å²) < 4.78 is 0. The molecule has 0 aromatic carbocycles. The van der Waals surface area contributed by atoms with Crippen LogP contribution in [0.4, 0.5) is 0 Å². The van der Waals surface area contributed by atoms with Crippen LogP contribution < -0.4 is 5.32 Å². The van der Waals surface area contributed by atoms with E-state index in [0.29, 0.717) is 0 Å². The van der Waals surface area contributed by atoms with Gasteiger partial charge in [-0.2, -0.15) is 0 Å². The molecule has 1 N–H and O–H groups in total. The van der Waals surface area contributed by atoms with Gasteiger partial charge < -0.3 is 5.32 Å². The highest BCUT2D eigenvalue weighted by Gasteiger charge is 2.03. The third-order valence-electron chi connectivity index (χ3n) is 1.65. The van der Waals surface area contributed by atoms with Crippen molar-refractivity contribution in [2.45, 2.75) is 19.8 Å². The quantitative estimate of drug-likeness (QED) is 0.546. The van der Waals surface area contributed by atoms with Crippen molar-refractivity contribution in [1.82, 2.24) is 5.32 Å². The molecule has 0 aromatic heterocycles. The molecule has 0 aliphatic carbocycles. The van der Waals surface area contributed by atoms with Crippen LogP contribution in [0.5, 0.6) is 0 Å². The number of ketones is 1. The summed E-state index contributed by atoms with van der Waals surface area (Å²) in [5, 5.41) is 3.24. The third-order valence-corrected chi connectivity index (χ3v) is 1.65. The molecule has 1 rings (SSSR count). The van der Waals surface area contributed by atoms with Crippen LogP contribution in [0.15, 0.2) is 11.6 Å². The van der Waals surface area contributed by atoms with Gasteiger partial charge in [0.25, 0.3) is 0 Å². The van der Waals surface area contributed by atoms with Crippen molar-refractivity contribution in [2.75, 3.05) is 13.1 Å². The van der Waals surface area contributed by atoms with Crippen LogP contribution >= 0.6 is 0 Å². The lowest BCUT2D eigenvalue weighted by molar-refractivity contribution is -0.112.